The fraction of sp³-hybridized carbons (Fsp3) is 0.438. The van der Waals surface area contributed by atoms with Crippen molar-refractivity contribution in [1.29, 1.82) is 0 Å². The normalized spacial score (nSPS) is 22.2. The number of aromatic nitrogens is 1. The predicted molar refractivity (Wildman–Crippen MR) is 80.1 cm³/mol. The van der Waals surface area contributed by atoms with E-state index < -0.39 is 0 Å². The van der Waals surface area contributed by atoms with Crippen LogP contribution in [0, 0.1) is 12.7 Å². The van der Waals surface area contributed by atoms with Gasteiger partial charge in [0.2, 0.25) is 0 Å². The number of rotatable bonds is 3. The van der Waals surface area contributed by atoms with Crippen LogP contribution in [0.1, 0.15) is 12.1 Å². The number of pyridine rings is 1. The van der Waals surface area contributed by atoms with E-state index in [1.54, 1.807) is 13.2 Å². The first kappa shape index (κ1) is 14.2. The topological polar surface area (TPSA) is 45.6 Å². The lowest BCUT2D eigenvalue weighted by molar-refractivity contribution is 0.115. The highest BCUT2D eigenvalue weighted by Crippen LogP contribution is 2.33. The van der Waals surface area contributed by atoms with Crippen molar-refractivity contribution in [2.24, 2.45) is 0 Å². The summed E-state index contributed by atoms with van der Waals surface area (Å²) < 4.78 is 19.0. The lowest BCUT2D eigenvalue weighted by Gasteiger charge is -2.26. The summed E-state index contributed by atoms with van der Waals surface area (Å²) >= 11 is 0. The zero-order chi connectivity index (χ0) is 15.0. The van der Waals surface area contributed by atoms with Gasteiger partial charge in [0, 0.05) is 30.4 Å². The zero-order valence-corrected chi connectivity index (χ0v) is 12.2. The van der Waals surface area contributed by atoms with Gasteiger partial charge in [0.25, 0.3) is 0 Å². The molecule has 0 bridgehead atoms. The van der Waals surface area contributed by atoms with Crippen molar-refractivity contribution in [2.45, 2.75) is 25.5 Å². The van der Waals surface area contributed by atoms with Crippen LogP contribution in [-0.2, 0) is 4.74 Å². The van der Waals surface area contributed by atoms with Gasteiger partial charge >= 0.3 is 0 Å². The van der Waals surface area contributed by atoms with Crippen LogP contribution in [0.2, 0.25) is 0 Å². The SMILES string of the molecule is CO[C@H]1C[C@@H](CO)N(c2cc(C)nc3ccc(F)cc23)C1. The van der Waals surface area contributed by atoms with Crippen molar-refractivity contribution >= 4 is 16.6 Å². The van der Waals surface area contributed by atoms with Crippen LogP contribution < -0.4 is 4.90 Å². The molecule has 3 rings (SSSR count). The summed E-state index contributed by atoms with van der Waals surface area (Å²) in [5.74, 6) is -0.280. The highest BCUT2D eigenvalue weighted by Gasteiger charge is 2.32. The van der Waals surface area contributed by atoms with Crippen molar-refractivity contribution in [1.82, 2.24) is 4.98 Å². The van der Waals surface area contributed by atoms with Gasteiger partial charge in [-0.2, -0.15) is 0 Å². The minimum Gasteiger partial charge on any atom is -0.394 e. The minimum atomic E-state index is -0.280. The first-order valence-corrected chi connectivity index (χ1v) is 7.09. The maximum Gasteiger partial charge on any atom is 0.124 e. The van der Waals surface area contributed by atoms with Crippen molar-refractivity contribution in [2.75, 3.05) is 25.2 Å². The fourth-order valence-corrected chi connectivity index (χ4v) is 3.06. The number of hydrogen-bond acceptors (Lipinski definition) is 4. The minimum absolute atomic E-state index is 0.0109. The van der Waals surface area contributed by atoms with Gasteiger partial charge in [-0.25, -0.2) is 4.39 Å². The smallest absolute Gasteiger partial charge is 0.124 e. The number of anilines is 1. The van der Waals surface area contributed by atoms with Gasteiger partial charge in [0.05, 0.1) is 24.3 Å². The number of halogens is 1. The van der Waals surface area contributed by atoms with E-state index >= 15 is 0 Å². The van der Waals surface area contributed by atoms with Gasteiger partial charge in [0.15, 0.2) is 0 Å². The Morgan fingerprint density at radius 3 is 2.95 bits per heavy atom. The summed E-state index contributed by atoms with van der Waals surface area (Å²) in [6.07, 6.45) is 0.852. The average molecular weight is 290 g/mol. The number of benzene rings is 1. The van der Waals surface area contributed by atoms with Crippen molar-refractivity contribution in [3.05, 3.63) is 35.8 Å². The summed E-state index contributed by atoms with van der Waals surface area (Å²) in [5.41, 5.74) is 2.56. The summed E-state index contributed by atoms with van der Waals surface area (Å²) in [5, 5.41) is 10.4. The van der Waals surface area contributed by atoms with E-state index in [0.717, 1.165) is 28.7 Å². The van der Waals surface area contributed by atoms with E-state index in [-0.39, 0.29) is 24.6 Å². The molecule has 21 heavy (non-hydrogen) atoms. The standard InChI is InChI=1S/C16H19FN2O2/c1-10-5-16(14-6-11(17)3-4-15(14)18-10)19-8-13(21-2)7-12(19)9-20/h3-6,12-13,20H,7-9H2,1-2H3/t12-,13-/m0/s1. The first-order chi connectivity index (χ1) is 10.1. The lowest BCUT2D eigenvalue weighted by atomic mass is 10.1. The molecule has 1 fully saturated rings. The molecule has 5 heteroatoms. The molecule has 0 spiro atoms. The molecule has 2 atom stereocenters. The molecular weight excluding hydrogens is 271 g/mol. The van der Waals surface area contributed by atoms with E-state index in [1.807, 2.05) is 13.0 Å². The molecule has 0 aliphatic carbocycles. The molecule has 1 aromatic heterocycles. The van der Waals surface area contributed by atoms with Gasteiger partial charge in [-0.05, 0) is 37.6 Å². The summed E-state index contributed by atoms with van der Waals surface area (Å²) in [7, 11) is 1.68. The van der Waals surface area contributed by atoms with Crippen LogP contribution in [0.15, 0.2) is 24.3 Å². The quantitative estimate of drug-likeness (QED) is 0.942. The zero-order valence-electron chi connectivity index (χ0n) is 12.2. The van der Waals surface area contributed by atoms with Crippen LogP contribution in [0.3, 0.4) is 0 Å². The van der Waals surface area contributed by atoms with Gasteiger partial charge < -0.3 is 14.7 Å². The third kappa shape index (κ3) is 2.59. The van der Waals surface area contributed by atoms with E-state index in [2.05, 4.69) is 9.88 Å². The van der Waals surface area contributed by atoms with Crippen molar-refractivity contribution in [3.63, 3.8) is 0 Å². The molecule has 0 unspecified atom stereocenters. The Balaban J connectivity index is 2.12. The number of aryl methyl sites for hydroxylation is 1. The van der Waals surface area contributed by atoms with Crippen LogP contribution in [0.25, 0.3) is 10.9 Å². The highest BCUT2D eigenvalue weighted by atomic mass is 19.1. The first-order valence-electron chi connectivity index (χ1n) is 7.09. The molecule has 2 aromatic rings. The van der Waals surface area contributed by atoms with Crippen LogP contribution in [-0.4, -0.2) is 42.5 Å². The second-order valence-electron chi connectivity index (χ2n) is 5.53. The number of ether oxygens (including phenoxy) is 1. The Morgan fingerprint density at radius 1 is 1.43 bits per heavy atom. The molecule has 2 heterocycles. The second kappa shape index (κ2) is 5.58. The fourth-order valence-electron chi connectivity index (χ4n) is 3.06. The van der Waals surface area contributed by atoms with E-state index in [4.69, 9.17) is 4.74 Å². The number of hydrogen-bond donors (Lipinski definition) is 1. The Morgan fingerprint density at radius 2 is 2.24 bits per heavy atom. The largest absolute Gasteiger partial charge is 0.394 e. The summed E-state index contributed by atoms with van der Waals surface area (Å²) in [4.78, 5) is 6.55. The van der Waals surface area contributed by atoms with Crippen molar-refractivity contribution < 1.29 is 14.2 Å². The molecule has 0 amide bonds. The molecule has 1 N–H and O–H groups in total. The van der Waals surface area contributed by atoms with E-state index in [9.17, 15) is 9.50 Å². The maximum atomic E-state index is 13.6. The van der Waals surface area contributed by atoms with E-state index in [1.165, 1.54) is 12.1 Å². The molecule has 1 saturated heterocycles. The van der Waals surface area contributed by atoms with Crippen LogP contribution >= 0.6 is 0 Å². The molecule has 0 saturated carbocycles. The van der Waals surface area contributed by atoms with Crippen molar-refractivity contribution in [3.8, 4) is 0 Å². The third-order valence-corrected chi connectivity index (χ3v) is 4.11. The number of nitrogens with zero attached hydrogens (tertiary/aromatic N) is 2. The number of fused-ring (bicyclic) bond motifs is 1. The third-order valence-electron chi connectivity index (χ3n) is 4.11. The highest BCUT2D eigenvalue weighted by molar-refractivity contribution is 5.92. The van der Waals surface area contributed by atoms with Gasteiger partial charge in [-0.1, -0.05) is 0 Å². The summed E-state index contributed by atoms with van der Waals surface area (Å²) in [6, 6.07) is 6.56. The van der Waals surface area contributed by atoms with E-state index in [0.29, 0.717) is 6.54 Å². The Bertz CT molecular complexity index is 662. The maximum absolute atomic E-state index is 13.6. The molecule has 4 nitrogen and oxygen atoms in total. The molecule has 1 aliphatic heterocycles. The Hall–Kier alpha value is -1.72. The van der Waals surface area contributed by atoms with Gasteiger partial charge in [-0.15, -0.1) is 0 Å². The Labute approximate surface area is 123 Å². The van der Waals surface area contributed by atoms with Crippen LogP contribution in [0.5, 0.6) is 0 Å². The summed E-state index contributed by atoms with van der Waals surface area (Å²) in [6.45, 7) is 2.67. The second-order valence-corrected chi connectivity index (χ2v) is 5.53. The average Bonchev–Trinajstić information content (AvgIpc) is 2.90. The monoisotopic (exact) mass is 290 g/mol. The molecule has 112 valence electrons. The molecule has 0 radical (unpaired) electrons. The lowest BCUT2D eigenvalue weighted by Crippen LogP contribution is -2.32. The molecule has 1 aromatic carbocycles. The number of aliphatic hydroxyl groups excluding tert-OH is 1. The van der Waals surface area contributed by atoms with Gasteiger partial charge in [-0.3, -0.25) is 4.98 Å². The van der Waals surface area contributed by atoms with Crippen LogP contribution in [0.4, 0.5) is 10.1 Å². The molecular formula is C16H19FN2O2. The number of methoxy groups -OCH3 is 1. The molecule has 1 aliphatic rings. The van der Waals surface area contributed by atoms with Gasteiger partial charge in [0.1, 0.15) is 5.82 Å². The predicted octanol–water partition coefficient (Wildman–Crippen LogP) is 2.27. The number of aliphatic hydroxyl groups is 1. The Kier molecular flexibility index (Phi) is 3.78.